The minimum atomic E-state index is -3.66. The Hall–Kier alpha value is -2.87. The summed E-state index contributed by atoms with van der Waals surface area (Å²) in [6.45, 7) is 0.770. The number of sulfonamides is 1. The normalized spacial score (nSPS) is 14.4. The first-order valence-corrected chi connectivity index (χ1v) is 9.60. The van der Waals surface area contributed by atoms with Crippen molar-refractivity contribution in [2.24, 2.45) is 4.99 Å². The second kappa shape index (κ2) is 7.57. The Morgan fingerprint density at radius 2 is 2.08 bits per heavy atom. The maximum absolute atomic E-state index is 12.5. The van der Waals surface area contributed by atoms with Crippen molar-refractivity contribution in [2.75, 3.05) is 13.7 Å². The maximum Gasteiger partial charge on any atom is 0.328 e. The highest BCUT2D eigenvalue weighted by atomic mass is 32.2. The lowest BCUT2D eigenvalue weighted by molar-refractivity contribution is -0.448. The number of rotatable bonds is 5. The molecule has 0 aromatic heterocycles. The first-order chi connectivity index (χ1) is 12.5. The van der Waals surface area contributed by atoms with Crippen LogP contribution in [0.5, 0.6) is 11.5 Å². The summed E-state index contributed by atoms with van der Waals surface area (Å²) < 4.78 is 32.6. The molecule has 1 heterocycles. The van der Waals surface area contributed by atoms with Gasteiger partial charge in [-0.25, -0.2) is 0 Å². The molecule has 0 saturated heterocycles. The molecular weight excluding hydrogens is 354 g/mol. The summed E-state index contributed by atoms with van der Waals surface area (Å²) >= 11 is 0. The van der Waals surface area contributed by atoms with Crippen LogP contribution in [0.1, 0.15) is 18.4 Å². The van der Waals surface area contributed by atoms with Crippen LogP contribution in [0.2, 0.25) is 0 Å². The molecule has 26 heavy (non-hydrogen) atoms. The van der Waals surface area contributed by atoms with Crippen LogP contribution in [0.3, 0.4) is 0 Å². The number of para-hydroxylation sites is 1. The first-order valence-electron chi connectivity index (χ1n) is 8.12. The van der Waals surface area contributed by atoms with Gasteiger partial charge in [0.15, 0.2) is 11.5 Å². The molecule has 2 aromatic rings. The van der Waals surface area contributed by atoms with E-state index in [9.17, 15) is 13.5 Å². The molecule has 1 aliphatic rings. The van der Waals surface area contributed by atoms with E-state index in [4.69, 9.17) is 4.74 Å². The van der Waals surface area contributed by atoms with E-state index >= 15 is 0 Å². The zero-order chi connectivity index (χ0) is 18.6. The number of phenols is 1. The number of nitrogens with zero attached hydrogens (tertiary/aromatic N) is 1. The highest BCUT2D eigenvalue weighted by Crippen LogP contribution is 2.28. The molecule has 136 valence electrons. The van der Waals surface area contributed by atoms with E-state index in [1.165, 1.54) is 25.5 Å². The number of methoxy groups -OCH3 is 1. The van der Waals surface area contributed by atoms with Crippen molar-refractivity contribution in [3.8, 4) is 11.5 Å². The van der Waals surface area contributed by atoms with Gasteiger partial charge in [-0.2, -0.15) is 13.1 Å². The van der Waals surface area contributed by atoms with E-state index in [0.717, 1.165) is 13.0 Å². The zero-order valence-electron chi connectivity index (χ0n) is 14.3. The van der Waals surface area contributed by atoms with Crippen molar-refractivity contribution in [3.05, 3.63) is 48.0 Å². The highest BCUT2D eigenvalue weighted by molar-refractivity contribution is 7.90. The largest absolute Gasteiger partial charge is 0.504 e. The van der Waals surface area contributed by atoms with Crippen LogP contribution in [-0.4, -0.2) is 39.2 Å². The number of hydrogen-bond acceptors (Lipinski definition) is 5. The number of aromatic hydroxyl groups is 1. The summed E-state index contributed by atoms with van der Waals surface area (Å²) in [6.07, 6.45) is 3.06. The fraction of sp³-hybridized carbons (Fsp3) is 0.222. The Morgan fingerprint density at radius 1 is 1.27 bits per heavy atom. The standard InChI is InChI=1S/C18H19N3O4S/c1-25-16-8-2-5-13(18(16)22)12-20-14-6-3-7-15(11-14)26(23,24)21-17-9-4-10-19-17/h2-3,5-8,11-12,22H,4,9-10H2,1H3,(H,19,21)/p+1. The number of nitrogens with one attached hydrogen (secondary N) is 2. The van der Waals surface area contributed by atoms with Gasteiger partial charge in [-0.15, -0.1) is 0 Å². The highest BCUT2D eigenvalue weighted by Gasteiger charge is 2.24. The summed E-state index contributed by atoms with van der Waals surface area (Å²) in [7, 11) is -2.19. The molecular formula is C18H20N3O4S+. The fourth-order valence-corrected chi connectivity index (χ4v) is 3.73. The fourth-order valence-electron chi connectivity index (χ4n) is 2.58. The molecule has 8 heteroatoms. The van der Waals surface area contributed by atoms with Crippen molar-refractivity contribution in [3.63, 3.8) is 0 Å². The van der Waals surface area contributed by atoms with Crippen molar-refractivity contribution >= 4 is 27.8 Å². The average molecular weight is 374 g/mol. The lowest BCUT2D eigenvalue weighted by Gasteiger charge is -2.05. The third kappa shape index (κ3) is 4.02. The minimum Gasteiger partial charge on any atom is -0.504 e. The van der Waals surface area contributed by atoms with Crippen molar-refractivity contribution in [1.82, 2.24) is 4.72 Å². The molecule has 0 bridgehead atoms. The van der Waals surface area contributed by atoms with Crippen LogP contribution < -0.4 is 14.5 Å². The number of ether oxygens (including phenoxy) is 1. The van der Waals surface area contributed by atoms with E-state index in [1.807, 2.05) is 0 Å². The predicted molar refractivity (Wildman–Crippen MR) is 98.7 cm³/mol. The smallest absolute Gasteiger partial charge is 0.328 e. The number of hydrogen-bond donors (Lipinski definition) is 3. The number of phenolic OH excluding ortho intramolecular Hbond substituents is 1. The molecule has 3 rings (SSSR count). The molecule has 0 fully saturated rings. The summed E-state index contributed by atoms with van der Waals surface area (Å²) in [5.41, 5.74) is 0.931. The van der Waals surface area contributed by atoms with Crippen LogP contribution in [0, 0.1) is 0 Å². The summed E-state index contributed by atoms with van der Waals surface area (Å²) in [6, 6.07) is 11.4. The number of amidine groups is 1. The Balaban J connectivity index is 1.83. The van der Waals surface area contributed by atoms with Gasteiger partial charge in [0, 0.05) is 11.8 Å². The molecule has 7 nitrogen and oxygen atoms in total. The molecule has 2 aromatic carbocycles. The summed E-state index contributed by atoms with van der Waals surface area (Å²) in [4.78, 5) is 7.41. The molecule has 0 radical (unpaired) electrons. The molecule has 0 amide bonds. The Bertz CT molecular complexity index is 968. The zero-order valence-corrected chi connectivity index (χ0v) is 15.1. The second-order valence-corrected chi connectivity index (χ2v) is 7.45. The maximum atomic E-state index is 12.5. The predicted octanol–water partition coefficient (Wildman–Crippen LogP) is 0.703. The van der Waals surface area contributed by atoms with Gasteiger partial charge in [0.1, 0.15) is 4.90 Å². The Labute approximate surface area is 152 Å². The summed E-state index contributed by atoms with van der Waals surface area (Å²) in [5.74, 6) is 0.934. The van der Waals surface area contributed by atoms with E-state index in [0.29, 0.717) is 29.3 Å². The van der Waals surface area contributed by atoms with Crippen LogP contribution in [0.25, 0.3) is 0 Å². The molecule has 0 aliphatic carbocycles. The third-order valence-electron chi connectivity index (χ3n) is 3.93. The Morgan fingerprint density at radius 3 is 2.81 bits per heavy atom. The minimum absolute atomic E-state index is 0.0205. The van der Waals surface area contributed by atoms with Gasteiger partial charge >= 0.3 is 10.0 Å². The lowest BCUT2D eigenvalue weighted by atomic mass is 10.2. The van der Waals surface area contributed by atoms with Gasteiger partial charge in [0.2, 0.25) is 0 Å². The van der Waals surface area contributed by atoms with Gasteiger partial charge < -0.3 is 9.84 Å². The van der Waals surface area contributed by atoms with Crippen molar-refractivity contribution in [1.29, 1.82) is 0 Å². The van der Waals surface area contributed by atoms with Crippen molar-refractivity contribution in [2.45, 2.75) is 17.7 Å². The SMILES string of the molecule is COc1cccc(C=Nc2cccc(S(=O)(=O)NC3=[NH+]CCC3)c2)c1O. The van der Waals surface area contributed by atoms with Crippen molar-refractivity contribution < 1.29 is 23.3 Å². The van der Waals surface area contributed by atoms with Gasteiger partial charge in [-0.3, -0.25) is 9.98 Å². The van der Waals surface area contributed by atoms with E-state index in [1.54, 1.807) is 30.3 Å². The monoisotopic (exact) mass is 374 g/mol. The van der Waals surface area contributed by atoms with E-state index < -0.39 is 10.0 Å². The molecule has 3 N–H and O–H groups in total. The average Bonchev–Trinajstić information content (AvgIpc) is 3.13. The molecule has 0 saturated carbocycles. The van der Waals surface area contributed by atoms with Gasteiger partial charge in [-0.05, 0) is 36.8 Å². The summed E-state index contributed by atoms with van der Waals surface area (Å²) in [5, 5.41) is 10.1. The molecule has 0 unspecified atom stereocenters. The van der Waals surface area contributed by atoms with E-state index in [2.05, 4.69) is 14.7 Å². The third-order valence-corrected chi connectivity index (χ3v) is 5.32. The molecule has 0 spiro atoms. The lowest BCUT2D eigenvalue weighted by Crippen LogP contribution is -2.72. The molecule has 0 atom stereocenters. The number of aliphatic imine (C=N–C) groups is 1. The Kier molecular flexibility index (Phi) is 5.22. The molecule has 1 aliphatic heterocycles. The number of benzene rings is 2. The quantitative estimate of drug-likeness (QED) is 0.671. The van der Waals surface area contributed by atoms with Crippen LogP contribution in [0.15, 0.2) is 52.4 Å². The van der Waals surface area contributed by atoms with Gasteiger partial charge in [-0.1, -0.05) is 12.1 Å². The van der Waals surface area contributed by atoms with Gasteiger partial charge in [0.05, 0.1) is 25.8 Å². The van der Waals surface area contributed by atoms with E-state index in [-0.39, 0.29) is 10.6 Å². The second-order valence-electron chi connectivity index (χ2n) is 5.77. The van der Waals surface area contributed by atoms with Crippen LogP contribution in [0.4, 0.5) is 5.69 Å². The van der Waals surface area contributed by atoms with Crippen LogP contribution >= 0.6 is 0 Å². The van der Waals surface area contributed by atoms with Crippen LogP contribution in [-0.2, 0) is 10.0 Å². The first kappa shape index (κ1) is 17.9. The van der Waals surface area contributed by atoms with Gasteiger partial charge in [0.25, 0.3) is 5.84 Å². The topological polar surface area (TPSA) is 102 Å².